The molecule has 2 fully saturated rings. The van der Waals surface area contributed by atoms with Gasteiger partial charge in [-0.05, 0) is 36.8 Å². The standard InChI is InChI=1S/C42H42N12O6/c1-51(41(57)58)33(25-11-5-3-6-12-25)39(55)53-17-9-15-31(53)35-47-23-29(49-35)27-19-43-37(44-20-27)38-45-21-28(22-46-38)30-24-48-36(50-30)32-16-10-18-54(32)40(56)34(52(2)42(59)60)26-13-7-4-8-14-26/h3-8,11-14,19-24,31-34H,9-10,15-18H2,1-2H3,(H,47,49)(H,48,50)(H,57,58)(H,59,60)/t31-,32-,33+,34+/m0/s1. The van der Waals surface area contributed by atoms with Crippen LogP contribution in [0.5, 0.6) is 0 Å². The van der Waals surface area contributed by atoms with Gasteiger partial charge in [-0.25, -0.2) is 39.5 Å². The number of aromatic amines is 2. The van der Waals surface area contributed by atoms with Crippen LogP contribution in [-0.2, 0) is 9.59 Å². The summed E-state index contributed by atoms with van der Waals surface area (Å²) in [5, 5.41) is 19.6. The number of hydrogen-bond donors (Lipinski definition) is 4. The summed E-state index contributed by atoms with van der Waals surface area (Å²) in [4.78, 5) is 91.1. The molecule has 2 aromatic carbocycles. The summed E-state index contributed by atoms with van der Waals surface area (Å²) in [6, 6.07) is 15.0. The van der Waals surface area contributed by atoms with E-state index in [9.17, 15) is 29.4 Å². The molecule has 4 atom stereocenters. The van der Waals surface area contributed by atoms with Crippen LogP contribution in [0.1, 0.15) is 72.6 Å². The van der Waals surface area contributed by atoms with Crippen molar-refractivity contribution in [2.45, 2.75) is 49.9 Å². The molecular weight excluding hydrogens is 769 g/mol. The highest BCUT2D eigenvalue weighted by Gasteiger charge is 2.40. The molecule has 0 radical (unpaired) electrons. The van der Waals surface area contributed by atoms with Crippen LogP contribution >= 0.6 is 0 Å². The van der Waals surface area contributed by atoms with E-state index < -0.39 is 24.3 Å². The molecule has 0 saturated carbocycles. The van der Waals surface area contributed by atoms with E-state index in [4.69, 9.17) is 0 Å². The Morgan fingerprint density at radius 3 is 1.30 bits per heavy atom. The first-order valence-electron chi connectivity index (χ1n) is 19.5. The second-order valence-electron chi connectivity index (χ2n) is 14.7. The Hall–Kier alpha value is -7.50. The fraction of sp³-hybridized carbons (Fsp3) is 0.286. The molecule has 8 rings (SSSR count). The van der Waals surface area contributed by atoms with Crippen LogP contribution in [0, 0.1) is 0 Å². The highest BCUT2D eigenvalue weighted by Crippen LogP contribution is 2.37. The molecule has 4 N–H and O–H groups in total. The molecule has 60 heavy (non-hydrogen) atoms. The number of carboxylic acid groups (broad SMARTS) is 2. The molecule has 6 aromatic rings. The van der Waals surface area contributed by atoms with E-state index in [1.807, 2.05) is 12.1 Å². The molecule has 4 amide bonds. The van der Waals surface area contributed by atoms with Crippen LogP contribution in [0.25, 0.3) is 34.2 Å². The molecule has 0 bridgehead atoms. The van der Waals surface area contributed by atoms with Gasteiger partial charge in [0.1, 0.15) is 23.7 Å². The van der Waals surface area contributed by atoms with Crippen molar-refractivity contribution in [2.75, 3.05) is 27.2 Å². The van der Waals surface area contributed by atoms with E-state index in [2.05, 4.69) is 39.9 Å². The Kier molecular flexibility index (Phi) is 11.0. The number of rotatable bonds is 11. The lowest BCUT2D eigenvalue weighted by molar-refractivity contribution is -0.138. The topological polar surface area (TPSA) is 231 Å². The number of amides is 4. The largest absolute Gasteiger partial charge is 0.465 e. The van der Waals surface area contributed by atoms with Gasteiger partial charge < -0.3 is 30.0 Å². The summed E-state index contributed by atoms with van der Waals surface area (Å²) in [5.74, 6) is 1.14. The summed E-state index contributed by atoms with van der Waals surface area (Å²) in [5.41, 5.74) is 3.80. The van der Waals surface area contributed by atoms with Crippen LogP contribution in [0.4, 0.5) is 9.59 Å². The summed E-state index contributed by atoms with van der Waals surface area (Å²) >= 11 is 0. The summed E-state index contributed by atoms with van der Waals surface area (Å²) in [7, 11) is 2.80. The average molecular weight is 811 g/mol. The van der Waals surface area contributed by atoms with Gasteiger partial charge in [-0.15, -0.1) is 0 Å². The van der Waals surface area contributed by atoms with Crippen LogP contribution in [-0.4, -0.2) is 121 Å². The molecule has 6 heterocycles. The number of likely N-dealkylation sites (N-methyl/N-ethyl adjacent to an activating group) is 2. The Labute approximate surface area is 344 Å². The number of nitrogens with one attached hydrogen (secondary N) is 2. The molecule has 2 aliphatic rings. The Morgan fingerprint density at radius 1 is 0.583 bits per heavy atom. The number of aromatic nitrogens is 8. The van der Waals surface area contributed by atoms with Crippen molar-refractivity contribution in [3.05, 3.63) is 121 Å². The first-order valence-corrected chi connectivity index (χ1v) is 19.5. The molecule has 0 unspecified atom stereocenters. The van der Waals surface area contributed by atoms with Crippen molar-refractivity contribution in [3.8, 4) is 34.2 Å². The van der Waals surface area contributed by atoms with Gasteiger partial charge in [0.05, 0.1) is 35.9 Å². The van der Waals surface area contributed by atoms with Crippen molar-refractivity contribution in [1.29, 1.82) is 0 Å². The van der Waals surface area contributed by atoms with Gasteiger partial charge in [0.2, 0.25) is 0 Å². The maximum absolute atomic E-state index is 13.9. The second kappa shape index (κ2) is 16.8. The van der Waals surface area contributed by atoms with Gasteiger partial charge >= 0.3 is 12.2 Å². The molecule has 18 heteroatoms. The molecule has 18 nitrogen and oxygen atoms in total. The zero-order valence-electron chi connectivity index (χ0n) is 32.8. The number of imidazole rings is 2. The number of carbonyl (C=O) groups excluding carboxylic acids is 2. The lowest BCUT2D eigenvalue weighted by Crippen LogP contribution is -2.43. The molecule has 306 valence electrons. The average Bonchev–Trinajstić information content (AvgIpc) is 4.12. The van der Waals surface area contributed by atoms with Gasteiger partial charge in [-0.2, -0.15) is 0 Å². The zero-order chi connectivity index (χ0) is 41.9. The molecule has 0 spiro atoms. The lowest BCUT2D eigenvalue weighted by atomic mass is 10.0. The Morgan fingerprint density at radius 2 is 0.950 bits per heavy atom. The number of nitrogens with zero attached hydrogens (tertiary/aromatic N) is 10. The van der Waals surface area contributed by atoms with Crippen molar-refractivity contribution in [1.82, 2.24) is 59.5 Å². The summed E-state index contributed by atoms with van der Waals surface area (Å²) < 4.78 is 0. The van der Waals surface area contributed by atoms with E-state index in [0.717, 1.165) is 22.6 Å². The minimum atomic E-state index is -1.20. The maximum atomic E-state index is 13.9. The number of likely N-dealkylation sites (tertiary alicyclic amines) is 2. The predicted octanol–water partition coefficient (Wildman–Crippen LogP) is 5.74. The minimum absolute atomic E-state index is 0.303. The molecular formula is C42H42N12O6. The molecule has 4 aromatic heterocycles. The quantitative estimate of drug-likeness (QED) is 0.123. The van der Waals surface area contributed by atoms with E-state index in [1.165, 1.54) is 14.1 Å². The highest BCUT2D eigenvalue weighted by molar-refractivity contribution is 5.88. The minimum Gasteiger partial charge on any atom is -0.465 e. The lowest BCUT2D eigenvalue weighted by Gasteiger charge is -2.32. The second-order valence-corrected chi connectivity index (χ2v) is 14.7. The monoisotopic (exact) mass is 810 g/mol. The number of hydrogen-bond acceptors (Lipinski definition) is 10. The van der Waals surface area contributed by atoms with E-state index in [1.54, 1.807) is 95.5 Å². The van der Waals surface area contributed by atoms with Gasteiger partial charge in [-0.1, -0.05) is 60.7 Å². The van der Waals surface area contributed by atoms with E-state index in [-0.39, 0.29) is 23.9 Å². The van der Waals surface area contributed by atoms with Gasteiger partial charge in [0.15, 0.2) is 11.6 Å². The van der Waals surface area contributed by atoms with Gasteiger partial charge in [0, 0.05) is 63.1 Å². The van der Waals surface area contributed by atoms with Crippen LogP contribution in [0.2, 0.25) is 0 Å². The van der Waals surface area contributed by atoms with Gasteiger partial charge in [0.25, 0.3) is 11.8 Å². The number of H-pyrrole nitrogens is 2. The SMILES string of the molecule is CN(C(=O)O)[C@@H](C(=O)N1CCC[C@H]1c1ncc(-c2cnc(-c3ncc(-c4cnc([C@@H]5CCCN5C(=O)[C@@H](c5ccccc5)N(C)C(=O)O)[nH]4)cn3)nc2)[nH]1)c1ccccc1. The first kappa shape index (κ1) is 39.3. The van der Waals surface area contributed by atoms with Crippen LogP contribution in [0.3, 0.4) is 0 Å². The number of benzene rings is 2. The number of carbonyl (C=O) groups is 4. The fourth-order valence-corrected chi connectivity index (χ4v) is 7.97. The van der Waals surface area contributed by atoms with Gasteiger partial charge in [-0.3, -0.25) is 19.4 Å². The van der Waals surface area contributed by atoms with Crippen LogP contribution < -0.4 is 0 Å². The third kappa shape index (κ3) is 7.73. The van der Waals surface area contributed by atoms with Crippen molar-refractivity contribution in [3.63, 3.8) is 0 Å². The third-order valence-corrected chi connectivity index (χ3v) is 11.1. The molecule has 2 aliphatic heterocycles. The van der Waals surface area contributed by atoms with E-state index in [0.29, 0.717) is 82.9 Å². The highest BCUT2D eigenvalue weighted by atomic mass is 16.4. The third-order valence-electron chi connectivity index (χ3n) is 11.1. The zero-order valence-corrected chi connectivity index (χ0v) is 32.8. The normalized spacial score (nSPS) is 17.3. The van der Waals surface area contributed by atoms with E-state index >= 15 is 0 Å². The summed E-state index contributed by atoms with van der Waals surface area (Å²) in [6.45, 7) is 0.941. The fourth-order valence-electron chi connectivity index (χ4n) is 7.97. The van der Waals surface area contributed by atoms with Crippen molar-refractivity contribution < 1.29 is 29.4 Å². The van der Waals surface area contributed by atoms with Crippen molar-refractivity contribution in [2.24, 2.45) is 0 Å². The van der Waals surface area contributed by atoms with Crippen LogP contribution in [0.15, 0.2) is 97.8 Å². The summed E-state index contributed by atoms with van der Waals surface area (Å²) in [6.07, 6.45) is 10.3. The molecule has 2 saturated heterocycles. The first-order chi connectivity index (χ1) is 29.1. The smallest absolute Gasteiger partial charge is 0.407 e. The Bertz CT molecular complexity index is 2300. The predicted molar refractivity (Wildman–Crippen MR) is 216 cm³/mol. The van der Waals surface area contributed by atoms with Crippen molar-refractivity contribution >= 4 is 24.0 Å². The molecule has 0 aliphatic carbocycles. The maximum Gasteiger partial charge on any atom is 0.407 e. The Balaban J connectivity index is 0.938.